The van der Waals surface area contributed by atoms with E-state index in [0.29, 0.717) is 24.1 Å². The van der Waals surface area contributed by atoms with Gasteiger partial charge in [0.15, 0.2) is 5.16 Å². The predicted octanol–water partition coefficient (Wildman–Crippen LogP) is 4.39. The highest BCUT2D eigenvalue weighted by molar-refractivity contribution is 8.00. The first-order valence-corrected chi connectivity index (χ1v) is 12.5. The molecule has 31 heavy (non-hydrogen) atoms. The molecule has 0 bridgehead atoms. The second-order valence-corrected chi connectivity index (χ2v) is 9.75. The third kappa shape index (κ3) is 4.05. The minimum absolute atomic E-state index is 0.0447. The number of para-hydroxylation sites is 2. The molecule has 1 aromatic heterocycles. The van der Waals surface area contributed by atoms with Crippen molar-refractivity contribution in [1.29, 1.82) is 0 Å². The molecule has 0 saturated heterocycles. The number of aromatic nitrogens is 2. The number of imidazole rings is 1. The van der Waals surface area contributed by atoms with Crippen molar-refractivity contribution in [1.82, 2.24) is 13.9 Å². The molecule has 4 aromatic rings. The van der Waals surface area contributed by atoms with E-state index in [1.54, 1.807) is 41.3 Å². The fourth-order valence-corrected chi connectivity index (χ4v) is 6.18. The van der Waals surface area contributed by atoms with E-state index in [-0.39, 0.29) is 21.7 Å². The molecular weight excluding hydrogens is 430 g/mol. The van der Waals surface area contributed by atoms with Crippen LogP contribution in [0.2, 0.25) is 0 Å². The van der Waals surface area contributed by atoms with Crippen molar-refractivity contribution in [2.45, 2.75) is 23.9 Å². The maximum absolute atomic E-state index is 13.7. The molecule has 1 heterocycles. The zero-order valence-electron chi connectivity index (χ0n) is 17.4. The van der Waals surface area contributed by atoms with Gasteiger partial charge in [0.25, 0.3) is 10.0 Å². The zero-order valence-corrected chi connectivity index (χ0v) is 19.0. The minimum atomic E-state index is -3.92. The van der Waals surface area contributed by atoms with Crippen LogP contribution in [-0.2, 0) is 14.8 Å². The number of rotatable bonds is 7. The summed E-state index contributed by atoms with van der Waals surface area (Å²) in [6.45, 7) is 5.07. The number of carbonyl (C=O) groups is 1. The first-order chi connectivity index (χ1) is 15.0. The minimum Gasteiger partial charge on any atom is -0.343 e. The maximum Gasteiger partial charge on any atom is 0.270 e. The van der Waals surface area contributed by atoms with E-state index in [1.807, 2.05) is 44.2 Å². The Labute approximate surface area is 185 Å². The van der Waals surface area contributed by atoms with Crippen molar-refractivity contribution >= 4 is 49.5 Å². The van der Waals surface area contributed by atoms with Crippen molar-refractivity contribution in [3.8, 4) is 0 Å². The van der Waals surface area contributed by atoms with Crippen LogP contribution in [-0.4, -0.2) is 47.0 Å². The molecule has 160 valence electrons. The lowest BCUT2D eigenvalue weighted by Gasteiger charge is -2.18. The normalized spacial score (nSPS) is 11.8. The molecule has 0 saturated carbocycles. The standard InChI is InChI=1S/C23H23N3O3S2/c1-3-25(4-2)22(27)16-30-23-24-20-11-7-8-12-21(20)26(23)31(28,29)19-14-13-17-9-5-6-10-18(17)15-19/h5-15H,3-4,16H2,1-2H3. The summed E-state index contributed by atoms with van der Waals surface area (Å²) in [5.74, 6) is 0.0785. The lowest BCUT2D eigenvalue weighted by atomic mass is 10.1. The SMILES string of the molecule is CCN(CC)C(=O)CSc1nc2ccccc2n1S(=O)(=O)c1ccc2ccccc2c1. The zero-order chi connectivity index (χ0) is 22.0. The predicted molar refractivity (Wildman–Crippen MR) is 125 cm³/mol. The molecule has 0 aliphatic heterocycles. The van der Waals surface area contributed by atoms with Crippen LogP contribution in [0.4, 0.5) is 0 Å². The molecule has 6 nitrogen and oxygen atoms in total. The molecule has 0 radical (unpaired) electrons. The van der Waals surface area contributed by atoms with E-state index in [0.717, 1.165) is 22.5 Å². The van der Waals surface area contributed by atoms with Gasteiger partial charge in [-0.25, -0.2) is 17.4 Å². The van der Waals surface area contributed by atoms with Crippen molar-refractivity contribution in [2.24, 2.45) is 0 Å². The Kier molecular flexibility index (Phi) is 6.02. The Morgan fingerprint density at radius 2 is 1.65 bits per heavy atom. The fraction of sp³-hybridized carbons (Fsp3) is 0.217. The van der Waals surface area contributed by atoms with E-state index in [4.69, 9.17) is 0 Å². The quantitative estimate of drug-likeness (QED) is 0.388. The number of benzene rings is 3. The lowest BCUT2D eigenvalue weighted by molar-refractivity contribution is -0.127. The number of amides is 1. The lowest BCUT2D eigenvalue weighted by Crippen LogP contribution is -2.32. The van der Waals surface area contributed by atoms with Gasteiger partial charge in [-0.05, 0) is 48.9 Å². The summed E-state index contributed by atoms with van der Waals surface area (Å²) in [4.78, 5) is 18.9. The number of hydrogen-bond acceptors (Lipinski definition) is 5. The first-order valence-electron chi connectivity index (χ1n) is 10.1. The van der Waals surface area contributed by atoms with Gasteiger partial charge in [0, 0.05) is 13.1 Å². The number of fused-ring (bicyclic) bond motifs is 2. The van der Waals surface area contributed by atoms with Gasteiger partial charge < -0.3 is 4.90 Å². The van der Waals surface area contributed by atoms with Crippen LogP contribution < -0.4 is 0 Å². The fourth-order valence-electron chi connectivity index (χ4n) is 3.53. The van der Waals surface area contributed by atoms with Crippen LogP contribution in [0.25, 0.3) is 21.8 Å². The number of nitrogens with zero attached hydrogens (tertiary/aromatic N) is 3. The highest BCUT2D eigenvalue weighted by Gasteiger charge is 2.25. The molecule has 8 heteroatoms. The summed E-state index contributed by atoms with van der Waals surface area (Å²) in [6, 6.07) is 19.8. The Bertz CT molecular complexity index is 1360. The Balaban J connectivity index is 1.79. The molecule has 0 atom stereocenters. The average Bonchev–Trinajstić information content (AvgIpc) is 3.17. The van der Waals surface area contributed by atoms with Crippen molar-refractivity contribution in [2.75, 3.05) is 18.8 Å². The van der Waals surface area contributed by atoms with Gasteiger partial charge in [-0.2, -0.15) is 0 Å². The van der Waals surface area contributed by atoms with Crippen LogP contribution in [0.5, 0.6) is 0 Å². The van der Waals surface area contributed by atoms with Gasteiger partial charge in [0.05, 0.1) is 21.7 Å². The van der Waals surface area contributed by atoms with Crippen molar-refractivity contribution in [3.63, 3.8) is 0 Å². The third-order valence-electron chi connectivity index (χ3n) is 5.19. The van der Waals surface area contributed by atoms with Gasteiger partial charge in [-0.15, -0.1) is 0 Å². The van der Waals surface area contributed by atoms with Crippen LogP contribution >= 0.6 is 11.8 Å². The molecular formula is C23H23N3O3S2. The van der Waals surface area contributed by atoms with Gasteiger partial charge in [-0.3, -0.25) is 4.79 Å². The molecule has 0 unspecified atom stereocenters. The molecule has 1 amide bonds. The van der Waals surface area contributed by atoms with Gasteiger partial charge in [0.2, 0.25) is 5.91 Å². The molecule has 3 aromatic carbocycles. The van der Waals surface area contributed by atoms with E-state index in [9.17, 15) is 13.2 Å². The summed E-state index contributed by atoms with van der Waals surface area (Å²) in [6.07, 6.45) is 0. The monoisotopic (exact) mass is 453 g/mol. The molecule has 0 spiro atoms. The van der Waals surface area contributed by atoms with E-state index in [1.165, 1.54) is 3.97 Å². The number of hydrogen-bond donors (Lipinski definition) is 0. The highest BCUT2D eigenvalue weighted by Crippen LogP contribution is 2.30. The van der Waals surface area contributed by atoms with Crippen LogP contribution in [0.15, 0.2) is 76.8 Å². The largest absolute Gasteiger partial charge is 0.343 e. The highest BCUT2D eigenvalue weighted by atomic mass is 32.2. The third-order valence-corrected chi connectivity index (χ3v) is 7.93. The smallest absolute Gasteiger partial charge is 0.270 e. The van der Waals surface area contributed by atoms with Crippen LogP contribution in [0.3, 0.4) is 0 Å². The van der Waals surface area contributed by atoms with Crippen LogP contribution in [0, 0.1) is 0 Å². The topological polar surface area (TPSA) is 72.3 Å². The van der Waals surface area contributed by atoms with Crippen molar-refractivity contribution < 1.29 is 13.2 Å². The summed E-state index contributed by atoms with van der Waals surface area (Å²) in [5.41, 5.74) is 1.07. The van der Waals surface area contributed by atoms with E-state index in [2.05, 4.69) is 4.98 Å². The van der Waals surface area contributed by atoms with Gasteiger partial charge in [0.1, 0.15) is 0 Å². The first kappa shape index (κ1) is 21.4. The second-order valence-electron chi connectivity index (χ2n) is 7.02. The Morgan fingerprint density at radius 3 is 2.39 bits per heavy atom. The average molecular weight is 454 g/mol. The number of carbonyl (C=O) groups excluding carboxylic acids is 1. The van der Waals surface area contributed by atoms with E-state index >= 15 is 0 Å². The number of thioether (sulfide) groups is 1. The summed E-state index contributed by atoms with van der Waals surface area (Å²) >= 11 is 1.15. The van der Waals surface area contributed by atoms with Crippen molar-refractivity contribution in [3.05, 3.63) is 66.7 Å². The Hall–Kier alpha value is -2.84. The second kappa shape index (κ2) is 8.72. The maximum atomic E-state index is 13.7. The summed E-state index contributed by atoms with van der Waals surface area (Å²) in [7, 11) is -3.92. The molecule has 0 aliphatic rings. The summed E-state index contributed by atoms with van der Waals surface area (Å²) in [5, 5.41) is 2.10. The van der Waals surface area contributed by atoms with Crippen LogP contribution in [0.1, 0.15) is 13.8 Å². The summed E-state index contributed by atoms with van der Waals surface area (Å²) < 4.78 is 28.6. The molecule has 0 N–H and O–H groups in total. The molecule has 0 fully saturated rings. The van der Waals surface area contributed by atoms with E-state index < -0.39 is 10.0 Å². The van der Waals surface area contributed by atoms with Gasteiger partial charge >= 0.3 is 0 Å². The Morgan fingerprint density at radius 1 is 0.968 bits per heavy atom. The van der Waals surface area contributed by atoms with Gasteiger partial charge in [-0.1, -0.05) is 54.2 Å². The molecule has 4 rings (SSSR count). The molecule has 0 aliphatic carbocycles.